The zero-order valence-corrected chi connectivity index (χ0v) is 11.4. The average Bonchev–Trinajstić information content (AvgIpc) is 2.43. The standard InChI is InChI=1S/C13H19N3O3/c1-15-12(17)6-7-16(2)11-8-9(13(18)19-3)4-5-10(11)14/h4-5,8H,6-7,14H2,1-3H3,(H,15,17). The van der Waals surface area contributed by atoms with Crippen molar-refractivity contribution < 1.29 is 14.3 Å². The number of anilines is 2. The highest BCUT2D eigenvalue weighted by Crippen LogP contribution is 2.24. The van der Waals surface area contributed by atoms with Crippen LogP contribution in [0.3, 0.4) is 0 Å². The van der Waals surface area contributed by atoms with Crippen LogP contribution in [0.1, 0.15) is 16.8 Å². The number of ether oxygens (including phenoxy) is 1. The molecule has 0 saturated heterocycles. The Morgan fingerprint density at radius 3 is 2.68 bits per heavy atom. The Morgan fingerprint density at radius 2 is 2.11 bits per heavy atom. The molecule has 0 heterocycles. The van der Waals surface area contributed by atoms with Crippen molar-refractivity contribution in [2.75, 3.05) is 38.4 Å². The molecule has 19 heavy (non-hydrogen) atoms. The monoisotopic (exact) mass is 265 g/mol. The fourth-order valence-electron chi connectivity index (χ4n) is 1.63. The number of carbonyl (C=O) groups is 2. The molecular formula is C13H19N3O3. The molecule has 3 N–H and O–H groups in total. The minimum absolute atomic E-state index is 0.0467. The molecule has 0 aromatic heterocycles. The summed E-state index contributed by atoms with van der Waals surface area (Å²) in [5.74, 6) is -0.463. The zero-order chi connectivity index (χ0) is 14.4. The first-order valence-corrected chi connectivity index (χ1v) is 5.89. The fraction of sp³-hybridized carbons (Fsp3) is 0.385. The molecule has 1 aromatic carbocycles. The number of rotatable bonds is 5. The second-order valence-corrected chi connectivity index (χ2v) is 4.11. The molecule has 0 bridgehead atoms. The van der Waals surface area contributed by atoms with Crippen molar-refractivity contribution >= 4 is 23.3 Å². The van der Waals surface area contributed by atoms with Gasteiger partial charge in [0.2, 0.25) is 5.91 Å². The normalized spacial score (nSPS) is 9.84. The molecule has 0 unspecified atom stereocenters. The Bertz CT molecular complexity index is 474. The van der Waals surface area contributed by atoms with Crippen LogP contribution in [0, 0.1) is 0 Å². The van der Waals surface area contributed by atoms with E-state index in [0.29, 0.717) is 29.9 Å². The SMILES string of the molecule is CNC(=O)CCN(C)c1cc(C(=O)OC)ccc1N. The maximum atomic E-state index is 11.5. The Labute approximate surface area is 112 Å². The Morgan fingerprint density at radius 1 is 1.42 bits per heavy atom. The van der Waals surface area contributed by atoms with E-state index in [9.17, 15) is 9.59 Å². The maximum Gasteiger partial charge on any atom is 0.337 e. The lowest BCUT2D eigenvalue weighted by Crippen LogP contribution is -2.27. The van der Waals surface area contributed by atoms with E-state index in [0.717, 1.165) is 0 Å². The molecule has 0 aliphatic heterocycles. The topological polar surface area (TPSA) is 84.7 Å². The summed E-state index contributed by atoms with van der Waals surface area (Å²) in [6, 6.07) is 4.92. The number of nitrogen functional groups attached to an aromatic ring is 1. The number of nitrogens with one attached hydrogen (secondary N) is 1. The molecule has 6 heteroatoms. The zero-order valence-electron chi connectivity index (χ0n) is 11.4. The van der Waals surface area contributed by atoms with Crippen LogP contribution in [0.25, 0.3) is 0 Å². The van der Waals surface area contributed by atoms with E-state index >= 15 is 0 Å². The minimum Gasteiger partial charge on any atom is -0.465 e. The van der Waals surface area contributed by atoms with Gasteiger partial charge in [0.15, 0.2) is 0 Å². The van der Waals surface area contributed by atoms with E-state index in [-0.39, 0.29) is 5.91 Å². The smallest absolute Gasteiger partial charge is 0.337 e. The molecule has 6 nitrogen and oxygen atoms in total. The predicted molar refractivity (Wildman–Crippen MR) is 74.1 cm³/mol. The third kappa shape index (κ3) is 3.87. The van der Waals surface area contributed by atoms with Gasteiger partial charge in [-0.25, -0.2) is 4.79 Å². The highest BCUT2D eigenvalue weighted by molar-refractivity contribution is 5.92. The summed E-state index contributed by atoms with van der Waals surface area (Å²) >= 11 is 0. The van der Waals surface area contributed by atoms with Crippen LogP contribution in [0.4, 0.5) is 11.4 Å². The van der Waals surface area contributed by atoms with Gasteiger partial charge < -0.3 is 20.7 Å². The van der Waals surface area contributed by atoms with E-state index < -0.39 is 5.97 Å². The number of amides is 1. The lowest BCUT2D eigenvalue weighted by Gasteiger charge is -2.21. The van der Waals surface area contributed by atoms with Gasteiger partial charge in [-0.2, -0.15) is 0 Å². The maximum absolute atomic E-state index is 11.5. The molecule has 0 spiro atoms. The third-order valence-electron chi connectivity index (χ3n) is 2.82. The predicted octanol–water partition coefficient (Wildman–Crippen LogP) is 0.628. The summed E-state index contributed by atoms with van der Waals surface area (Å²) < 4.78 is 4.66. The number of carbonyl (C=O) groups excluding carboxylic acids is 2. The molecule has 0 saturated carbocycles. The first kappa shape index (κ1) is 14.8. The van der Waals surface area contributed by atoms with Crippen molar-refractivity contribution in [3.05, 3.63) is 23.8 Å². The molecular weight excluding hydrogens is 246 g/mol. The van der Waals surface area contributed by atoms with Gasteiger partial charge in [0.05, 0.1) is 24.0 Å². The largest absolute Gasteiger partial charge is 0.465 e. The molecule has 0 fully saturated rings. The van der Waals surface area contributed by atoms with Crippen LogP contribution in [0.5, 0.6) is 0 Å². The first-order chi connectivity index (χ1) is 8.99. The average molecular weight is 265 g/mol. The third-order valence-corrected chi connectivity index (χ3v) is 2.82. The summed E-state index contributed by atoms with van der Waals surface area (Å²) in [5, 5.41) is 2.55. The van der Waals surface area contributed by atoms with Crippen LogP contribution in [0.15, 0.2) is 18.2 Å². The van der Waals surface area contributed by atoms with E-state index in [4.69, 9.17) is 5.73 Å². The summed E-state index contributed by atoms with van der Waals surface area (Å²) in [6.07, 6.45) is 0.356. The van der Waals surface area contributed by atoms with Crippen molar-refractivity contribution in [1.82, 2.24) is 5.32 Å². The molecule has 1 rings (SSSR count). The van der Waals surface area contributed by atoms with Gasteiger partial charge >= 0.3 is 5.97 Å². The van der Waals surface area contributed by atoms with E-state index in [1.807, 2.05) is 11.9 Å². The molecule has 0 radical (unpaired) electrons. The molecule has 0 aliphatic carbocycles. The highest BCUT2D eigenvalue weighted by atomic mass is 16.5. The minimum atomic E-state index is -0.416. The van der Waals surface area contributed by atoms with Gasteiger partial charge in [0, 0.05) is 27.1 Å². The summed E-state index contributed by atoms with van der Waals surface area (Å²) in [7, 11) is 4.73. The van der Waals surface area contributed by atoms with Crippen molar-refractivity contribution in [2.45, 2.75) is 6.42 Å². The summed E-state index contributed by atoms with van der Waals surface area (Å²) in [4.78, 5) is 24.5. The lowest BCUT2D eigenvalue weighted by atomic mass is 10.1. The quantitative estimate of drug-likeness (QED) is 0.602. The molecule has 0 atom stereocenters. The molecule has 0 aliphatic rings. The Hall–Kier alpha value is -2.24. The number of nitrogens with zero attached hydrogens (tertiary/aromatic N) is 1. The number of hydrogen-bond donors (Lipinski definition) is 2. The number of methoxy groups -OCH3 is 1. The van der Waals surface area contributed by atoms with Crippen molar-refractivity contribution in [3.63, 3.8) is 0 Å². The van der Waals surface area contributed by atoms with E-state index in [1.165, 1.54) is 7.11 Å². The van der Waals surface area contributed by atoms with Gasteiger partial charge in [0.1, 0.15) is 0 Å². The van der Waals surface area contributed by atoms with Gasteiger partial charge in [-0.05, 0) is 18.2 Å². The van der Waals surface area contributed by atoms with Crippen molar-refractivity contribution in [1.29, 1.82) is 0 Å². The van der Waals surface area contributed by atoms with E-state index in [2.05, 4.69) is 10.1 Å². The Balaban J connectivity index is 2.86. The van der Waals surface area contributed by atoms with Gasteiger partial charge in [0.25, 0.3) is 0 Å². The lowest BCUT2D eigenvalue weighted by molar-refractivity contribution is -0.120. The highest BCUT2D eigenvalue weighted by Gasteiger charge is 2.12. The molecule has 1 aromatic rings. The van der Waals surface area contributed by atoms with Crippen LogP contribution >= 0.6 is 0 Å². The summed E-state index contributed by atoms with van der Waals surface area (Å²) in [5.41, 5.74) is 7.55. The van der Waals surface area contributed by atoms with Crippen LogP contribution in [0.2, 0.25) is 0 Å². The van der Waals surface area contributed by atoms with Crippen LogP contribution < -0.4 is 16.0 Å². The van der Waals surface area contributed by atoms with Gasteiger partial charge in [-0.15, -0.1) is 0 Å². The first-order valence-electron chi connectivity index (χ1n) is 5.89. The second-order valence-electron chi connectivity index (χ2n) is 4.11. The number of hydrogen-bond acceptors (Lipinski definition) is 5. The van der Waals surface area contributed by atoms with Crippen LogP contribution in [-0.4, -0.2) is 39.6 Å². The van der Waals surface area contributed by atoms with Crippen LogP contribution in [-0.2, 0) is 9.53 Å². The van der Waals surface area contributed by atoms with E-state index in [1.54, 1.807) is 25.2 Å². The molecule has 1 amide bonds. The number of benzene rings is 1. The van der Waals surface area contributed by atoms with Gasteiger partial charge in [-0.1, -0.05) is 0 Å². The second kappa shape index (κ2) is 6.63. The van der Waals surface area contributed by atoms with Crippen molar-refractivity contribution in [2.24, 2.45) is 0 Å². The number of nitrogens with two attached hydrogens (primary N) is 1. The van der Waals surface area contributed by atoms with Gasteiger partial charge in [-0.3, -0.25) is 4.79 Å². The fourth-order valence-corrected chi connectivity index (χ4v) is 1.63. The Kier molecular flexibility index (Phi) is 5.17. The number of esters is 1. The van der Waals surface area contributed by atoms with Crippen molar-refractivity contribution in [3.8, 4) is 0 Å². The summed E-state index contributed by atoms with van der Waals surface area (Å²) in [6.45, 7) is 0.508. The molecule has 104 valence electrons.